The lowest BCUT2D eigenvalue weighted by Crippen LogP contribution is -2.20. The zero-order valence-corrected chi connectivity index (χ0v) is 12.5. The van der Waals surface area contributed by atoms with Crippen molar-refractivity contribution >= 4 is 0 Å². The number of methoxy groups -OCH3 is 1. The highest BCUT2D eigenvalue weighted by Gasteiger charge is 2.03. The van der Waals surface area contributed by atoms with Gasteiger partial charge in [0.05, 0.1) is 30.7 Å². The van der Waals surface area contributed by atoms with Crippen molar-refractivity contribution in [2.75, 3.05) is 20.3 Å². The molecular weight excluding hydrogens is 240 g/mol. The predicted octanol–water partition coefficient (Wildman–Crippen LogP) is 2.38. The molecule has 108 valence electrons. The molecule has 1 rings (SSSR count). The minimum atomic E-state index is 0.0922. The lowest BCUT2D eigenvalue weighted by molar-refractivity contribution is -0.00142. The first-order valence-electron chi connectivity index (χ1n) is 6.88. The number of pyridine rings is 1. The molecule has 0 radical (unpaired) electrons. The Hall–Kier alpha value is -0.970. The molecule has 0 saturated carbocycles. The second-order valence-corrected chi connectivity index (χ2v) is 5.22. The van der Waals surface area contributed by atoms with Gasteiger partial charge >= 0.3 is 0 Å². The van der Waals surface area contributed by atoms with E-state index in [9.17, 15) is 0 Å². The van der Waals surface area contributed by atoms with Crippen LogP contribution in [0.1, 0.15) is 32.2 Å². The fourth-order valence-electron chi connectivity index (χ4n) is 1.71. The molecule has 1 N–H and O–H groups in total. The van der Waals surface area contributed by atoms with Crippen LogP contribution in [0.15, 0.2) is 18.2 Å². The van der Waals surface area contributed by atoms with Crippen LogP contribution in [0.5, 0.6) is 0 Å². The van der Waals surface area contributed by atoms with Gasteiger partial charge < -0.3 is 14.8 Å². The van der Waals surface area contributed by atoms with Gasteiger partial charge in [0.25, 0.3) is 0 Å². The van der Waals surface area contributed by atoms with E-state index >= 15 is 0 Å². The number of hydrogen-bond donors (Lipinski definition) is 1. The number of nitrogens with zero attached hydrogens (tertiary/aromatic N) is 1. The van der Waals surface area contributed by atoms with Crippen LogP contribution in [-0.4, -0.2) is 31.3 Å². The third kappa shape index (κ3) is 7.25. The van der Waals surface area contributed by atoms with Crippen LogP contribution in [0.4, 0.5) is 0 Å². The van der Waals surface area contributed by atoms with Crippen molar-refractivity contribution in [3.8, 4) is 0 Å². The summed E-state index contributed by atoms with van der Waals surface area (Å²) < 4.78 is 10.7. The lowest BCUT2D eigenvalue weighted by Gasteiger charge is -2.12. The largest absolute Gasteiger partial charge is 0.382 e. The Morgan fingerprint density at radius 3 is 2.63 bits per heavy atom. The van der Waals surface area contributed by atoms with Gasteiger partial charge in [0.15, 0.2) is 0 Å². The molecule has 1 heterocycles. The van der Waals surface area contributed by atoms with Gasteiger partial charge in [-0.1, -0.05) is 19.9 Å². The van der Waals surface area contributed by atoms with E-state index in [-0.39, 0.29) is 6.10 Å². The molecule has 4 nitrogen and oxygen atoms in total. The minimum absolute atomic E-state index is 0.0922. The molecule has 4 heteroatoms. The van der Waals surface area contributed by atoms with Crippen molar-refractivity contribution < 1.29 is 9.47 Å². The normalized spacial score (nSPS) is 12.9. The zero-order chi connectivity index (χ0) is 14.1. The molecule has 0 spiro atoms. The summed E-state index contributed by atoms with van der Waals surface area (Å²) in [6, 6.07) is 6.06. The van der Waals surface area contributed by atoms with E-state index < -0.39 is 0 Å². The van der Waals surface area contributed by atoms with Crippen molar-refractivity contribution in [2.45, 2.75) is 40.0 Å². The lowest BCUT2D eigenvalue weighted by atomic mass is 10.2. The zero-order valence-electron chi connectivity index (χ0n) is 12.5. The number of ether oxygens (including phenoxy) is 2. The quantitative estimate of drug-likeness (QED) is 0.745. The molecule has 19 heavy (non-hydrogen) atoms. The fourth-order valence-corrected chi connectivity index (χ4v) is 1.71. The Morgan fingerprint density at radius 2 is 1.95 bits per heavy atom. The van der Waals surface area contributed by atoms with E-state index in [4.69, 9.17) is 9.47 Å². The Bertz CT molecular complexity index is 356. The molecule has 0 aromatic carbocycles. The van der Waals surface area contributed by atoms with Crippen LogP contribution in [0.25, 0.3) is 0 Å². The van der Waals surface area contributed by atoms with Gasteiger partial charge in [-0.25, -0.2) is 0 Å². The van der Waals surface area contributed by atoms with E-state index in [0.717, 1.165) is 24.5 Å². The van der Waals surface area contributed by atoms with Gasteiger partial charge in [-0.05, 0) is 31.5 Å². The predicted molar refractivity (Wildman–Crippen MR) is 76.9 cm³/mol. The topological polar surface area (TPSA) is 43.4 Å². The van der Waals surface area contributed by atoms with E-state index in [1.165, 1.54) is 0 Å². The van der Waals surface area contributed by atoms with Gasteiger partial charge in [0, 0.05) is 13.7 Å². The standard InChI is InChI=1S/C15H26N2O2/c1-12(2)8-16-9-14-6-5-7-15(17-14)11-19-13(3)10-18-4/h5-7,12-13,16H,8-11H2,1-4H3. The summed E-state index contributed by atoms with van der Waals surface area (Å²) in [6.07, 6.45) is 0.0922. The maximum absolute atomic E-state index is 5.66. The smallest absolute Gasteiger partial charge is 0.0892 e. The minimum Gasteiger partial charge on any atom is -0.382 e. The van der Waals surface area contributed by atoms with E-state index in [1.807, 2.05) is 25.1 Å². The molecule has 1 unspecified atom stereocenters. The molecule has 0 aliphatic carbocycles. The van der Waals surface area contributed by atoms with Crippen molar-refractivity contribution in [1.82, 2.24) is 10.3 Å². The van der Waals surface area contributed by atoms with Gasteiger partial charge in [0.1, 0.15) is 0 Å². The van der Waals surface area contributed by atoms with Crippen LogP contribution in [0.3, 0.4) is 0 Å². The monoisotopic (exact) mass is 266 g/mol. The highest BCUT2D eigenvalue weighted by atomic mass is 16.5. The fraction of sp³-hybridized carbons (Fsp3) is 0.667. The molecule has 0 fully saturated rings. The summed E-state index contributed by atoms with van der Waals surface area (Å²) in [7, 11) is 1.68. The second kappa shape index (κ2) is 9.02. The molecule has 0 aliphatic heterocycles. The second-order valence-electron chi connectivity index (χ2n) is 5.22. The van der Waals surface area contributed by atoms with Crippen molar-refractivity contribution in [2.24, 2.45) is 5.92 Å². The Morgan fingerprint density at radius 1 is 1.21 bits per heavy atom. The van der Waals surface area contributed by atoms with Crippen LogP contribution in [0.2, 0.25) is 0 Å². The summed E-state index contributed by atoms with van der Waals surface area (Å²) in [6.45, 7) is 9.34. The first-order chi connectivity index (χ1) is 9.11. The number of hydrogen-bond acceptors (Lipinski definition) is 4. The van der Waals surface area contributed by atoms with Crippen LogP contribution >= 0.6 is 0 Å². The Labute approximate surface area is 116 Å². The SMILES string of the molecule is COCC(C)OCc1cccc(CNCC(C)C)n1. The van der Waals surface area contributed by atoms with Crippen LogP contribution in [-0.2, 0) is 22.6 Å². The van der Waals surface area contributed by atoms with Crippen molar-refractivity contribution in [3.63, 3.8) is 0 Å². The van der Waals surface area contributed by atoms with Gasteiger partial charge in [-0.15, -0.1) is 0 Å². The highest BCUT2D eigenvalue weighted by Crippen LogP contribution is 2.04. The van der Waals surface area contributed by atoms with E-state index in [0.29, 0.717) is 19.1 Å². The number of aromatic nitrogens is 1. The first kappa shape index (κ1) is 16.1. The molecule has 1 aromatic heterocycles. The number of rotatable bonds is 9. The molecule has 0 aliphatic rings. The van der Waals surface area contributed by atoms with Gasteiger partial charge in [-0.3, -0.25) is 4.98 Å². The average Bonchev–Trinajstić information content (AvgIpc) is 2.37. The maximum Gasteiger partial charge on any atom is 0.0892 e. The summed E-state index contributed by atoms with van der Waals surface area (Å²) in [5.74, 6) is 0.654. The van der Waals surface area contributed by atoms with Crippen LogP contribution < -0.4 is 5.32 Å². The molecule has 0 saturated heterocycles. The van der Waals surface area contributed by atoms with Gasteiger partial charge in [-0.2, -0.15) is 0 Å². The third-order valence-corrected chi connectivity index (χ3v) is 2.64. The van der Waals surface area contributed by atoms with Crippen molar-refractivity contribution in [1.29, 1.82) is 0 Å². The number of nitrogens with one attached hydrogen (secondary N) is 1. The molecular formula is C15H26N2O2. The molecule has 1 aromatic rings. The maximum atomic E-state index is 5.66. The Kier molecular flexibility index (Phi) is 7.63. The summed E-state index contributed by atoms with van der Waals surface area (Å²) in [5.41, 5.74) is 2.02. The highest BCUT2D eigenvalue weighted by molar-refractivity contribution is 5.10. The molecule has 0 bridgehead atoms. The Balaban J connectivity index is 2.38. The molecule has 0 amide bonds. The molecule has 1 atom stereocenters. The van der Waals surface area contributed by atoms with Crippen LogP contribution in [0, 0.1) is 5.92 Å². The third-order valence-electron chi connectivity index (χ3n) is 2.64. The average molecular weight is 266 g/mol. The summed E-state index contributed by atoms with van der Waals surface area (Å²) >= 11 is 0. The van der Waals surface area contributed by atoms with E-state index in [1.54, 1.807) is 7.11 Å². The summed E-state index contributed by atoms with van der Waals surface area (Å²) in [4.78, 5) is 4.57. The van der Waals surface area contributed by atoms with E-state index in [2.05, 4.69) is 24.1 Å². The summed E-state index contributed by atoms with van der Waals surface area (Å²) in [5, 5.41) is 3.39. The van der Waals surface area contributed by atoms with Gasteiger partial charge in [0.2, 0.25) is 0 Å². The first-order valence-corrected chi connectivity index (χ1v) is 6.88. The van der Waals surface area contributed by atoms with Crippen molar-refractivity contribution in [3.05, 3.63) is 29.6 Å².